The Kier molecular flexibility index (Phi) is 3.79. The van der Waals surface area contributed by atoms with Gasteiger partial charge in [0.05, 0.1) is 18.8 Å². The molecule has 3 heteroatoms. The van der Waals surface area contributed by atoms with Gasteiger partial charge in [-0.3, -0.25) is 0 Å². The van der Waals surface area contributed by atoms with E-state index in [4.69, 9.17) is 15.2 Å². The van der Waals surface area contributed by atoms with Crippen LogP contribution in [0, 0.1) is 5.92 Å². The highest BCUT2D eigenvalue weighted by atomic mass is 16.5. The fourth-order valence-electron chi connectivity index (χ4n) is 2.52. The van der Waals surface area contributed by atoms with E-state index in [1.54, 1.807) is 0 Å². The number of nitrogens with two attached hydrogens (primary N) is 1. The molecular formula is C11H21NO2. The van der Waals surface area contributed by atoms with Crippen molar-refractivity contribution in [2.75, 3.05) is 19.8 Å². The van der Waals surface area contributed by atoms with E-state index >= 15 is 0 Å². The third kappa shape index (κ3) is 2.47. The molecule has 0 aromatic rings. The van der Waals surface area contributed by atoms with Crippen molar-refractivity contribution in [3.05, 3.63) is 0 Å². The minimum absolute atomic E-state index is 0.334. The fraction of sp³-hybridized carbons (Fsp3) is 1.00. The second-order valence-electron chi connectivity index (χ2n) is 4.44. The van der Waals surface area contributed by atoms with Gasteiger partial charge >= 0.3 is 0 Å². The molecule has 2 fully saturated rings. The molecule has 0 radical (unpaired) electrons. The van der Waals surface area contributed by atoms with E-state index in [-0.39, 0.29) is 0 Å². The van der Waals surface area contributed by atoms with Crippen LogP contribution in [0.15, 0.2) is 0 Å². The Bertz CT molecular complexity index is 169. The summed E-state index contributed by atoms with van der Waals surface area (Å²) in [5.74, 6) is 0.594. The van der Waals surface area contributed by atoms with Crippen LogP contribution in [0.1, 0.15) is 32.1 Å². The van der Waals surface area contributed by atoms with Crippen molar-refractivity contribution < 1.29 is 9.47 Å². The van der Waals surface area contributed by atoms with E-state index < -0.39 is 0 Å². The molecule has 1 heterocycles. The molecule has 1 saturated heterocycles. The maximum atomic E-state index is 6.05. The molecule has 3 atom stereocenters. The lowest BCUT2D eigenvalue weighted by atomic mass is 10.1. The van der Waals surface area contributed by atoms with Crippen molar-refractivity contribution in [3.63, 3.8) is 0 Å². The summed E-state index contributed by atoms with van der Waals surface area (Å²) in [6.45, 7) is 2.47. The van der Waals surface area contributed by atoms with E-state index in [0.29, 0.717) is 18.1 Å². The SMILES string of the molecule is NCC1CCCC1OC1CCCOC1. The van der Waals surface area contributed by atoms with Gasteiger partial charge in [-0.15, -0.1) is 0 Å². The van der Waals surface area contributed by atoms with Crippen LogP contribution in [-0.4, -0.2) is 32.0 Å². The molecule has 1 aliphatic carbocycles. The quantitative estimate of drug-likeness (QED) is 0.745. The average Bonchev–Trinajstić information content (AvgIpc) is 2.67. The summed E-state index contributed by atoms with van der Waals surface area (Å²) in [4.78, 5) is 0. The van der Waals surface area contributed by atoms with Crippen LogP contribution < -0.4 is 5.73 Å². The zero-order valence-electron chi connectivity index (χ0n) is 8.78. The van der Waals surface area contributed by atoms with Crippen LogP contribution in [0.3, 0.4) is 0 Å². The highest BCUT2D eigenvalue weighted by Crippen LogP contribution is 2.29. The van der Waals surface area contributed by atoms with Crippen LogP contribution >= 0.6 is 0 Å². The summed E-state index contributed by atoms with van der Waals surface area (Å²) in [7, 11) is 0. The molecule has 1 saturated carbocycles. The van der Waals surface area contributed by atoms with E-state index in [0.717, 1.165) is 32.6 Å². The summed E-state index contributed by atoms with van der Waals surface area (Å²) < 4.78 is 11.5. The normalized spacial score (nSPS) is 38.8. The van der Waals surface area contributed by atoms with Crippen molar-refractivity contribution in [1.29, 1.82) is 0 Å². The van der Waals surface area contributed by atoms with Crippen molar-refractivity contribution in [2.24, 2.45) is 11.7 Å². The Labute approximate surface area is 85.9 Å². The third-order valence-electron chi connectivity index (χ3n) is 3.38. The first-order chi connectivity index (χ1) is 6.90. The standard InChI is InChI=1S/C11H21NO2/c12-7-9-3-1-5-11(9)14-10-4-2-6-13-8-10/h9-11H,1-8,12H2. The summed E-state index contributed by atoms with van der Waals surface area (Å²) in [5, 5.41) is 0. The van der Waals surface area contributed by atoms with Crippen molar-refractivity contribution in [2.45, 2.75) is 44.3 Å². The predicted octanol–water partition coefficient (Wildman–Crippen LogP) is 1.31. The maximum Gasteiger partial charge on any atom is 0.0813 e. The first-order valence-electron chi connectivity index (χ1n) is 5.83. The number of rotatable bonds is 3. The molecule has 82 valence electrons. The molecule has 0 amide bonds. The Balaban J connectivity index is 1.77. The molecule has 0 spiro atoms. The molecule has 0 aromatic carbocycles. The minimum Gasteiger partial charge on any atom is -0.379 e. The Morgan fingerprint density at radius 1 is 1.21 bits per heavy atom. The molecule has 3 nitrogen and oxygen atoms in total. The Hall–Kier alpha value is -0.120. The van der Waals surface area contributed by atoms with Gasteiger partial charge in [0, 0.05) is 6.61 Å². The first kappa shape index (κ1) is 10.4. The highest BCUT2D eigenvalue weighted by Gasteiger charge is 2.29. The summed E-state index contributed by atoms with van der Waals surface area (Å²) in [5.41, 5.74) is 5.72. The van der Waals surface area contributed by atoms with Gasteiger partial charge in [0.15, 0.2) is 0 Å². The van der Waals surface area contributed by atoms with Gasteiger partial charge < -0.3 is 15.2 Å². The van der Waals surface area contributed by atoms with Gasteiger partial charge in [0.1, 0.15) is 0 Å². The summed E-state index contributed by atoms with van der Waals surface area (Å²) >= 11 is 0. The Morgan fingerprint density at radius 2 is 2.14 bits per heavy atom. The van der Waals surface area contributed by atoms with Crippen LogP contribution in [-0.2, 0) is 9.47 Å². The molecule has 2 aliphatic rings. The van der Waals surface area contributed by atoms with Gasteiger partial charge in [-0.05, 0) is 38.1 Å². The lowest BCUT2D eigenvalue weighted by molar-refractivity contribution is -0.0927. The number of ether oxygens (including phenoxy) is 2. The van der Waals surface area contributed by atoms with Crippen LogP contribution in [0.5, 0.6) is 0 Å². The average molecular weight is 199 g/mol. The molecule has 0 bridgehead atoms. The lowest BCUT2D eigenvalue weighted by Crippen LogP contribution is -2.33. The summed E-state index contributed by atoms with van der Waals surface area (Å²) in [6.07, 6.45) is 6.76. The van der Waals surface area contributed by atoms with E-state index in [1.807, 2.05) is 0 Å². The lowest BCUT2D eigenvalue weighted by Gasteiger charge is -2.28. The Morgan fingerprint density at radius 3 is 2.86 bits per heavy atom. The van der Waals surface area contributed by atoms with Gasteiger partial charge in [0.25, 0.3) is 0 Å². The van der Waals surface area contributed by atoms with Gasteiger partial charge in [-0.1, -0.05) is 6.42 Å². The third-order valence-corrected chi connectivity index (χ3v) is 3.38. The van der Waals surface area contributed by atoms with Crippen molar-refractivity contribution >= 4 is 0 Å². The zero-order valence-corrected chi connectivity index (χ0v) is 8.78. The van der Waals surface area contributed by atoms with E-state index in [1.165, 1.54) is 19.3 Å². The number of hydrogen-bond donors (Lipinski definition) is 1. The van der Waals surface area contributed by atoms with Crippen LogP contribution in [0.2, 0.25) is 0 Å². The van der Waals surface area contributed by atoms with Gasteiger partial charge in [0.2, 0.25) is 0 Å². The summed E-state index contributed by atoms with van der Waals surface area (Å²) in [6, 6.07) is 0. The predicted molar refractivity (Wildman–Crippen MR) is 55.1 cm³/mol. The van der Waals surface area contributed by atoms with E-state index in [9.17, 15) is 0 Å². The molecule has 2 N–H and O–H groups in total. The second kappa shape index (κ2) is 5.10. The minimum atomic E-state index is 0.334. The fourth-order valence-corrected chi connectivity index (χ4v) is 2.52. The van der Waals surface area contributed by atoms with Crippen LogP contribution in [0.4, 0.5) is 0 Å². The molecule has 1 aliphatic heterocycles. The van der Waals surface area contributed by atoms with E-state index in [2.05, 4.69) is 0 Å². The molecule has 2 rings (SSSR count). The molecule has 14 heavy (non-hydrogen) atoms. The van der Waals surface area contributed by atoms with Crippen LogP contribution in [0.25, 0.3) is 0 Å². The van der Waals surface area contributed by atoms with Gasteiger partial charge in [-0.2, -0.15) is 0 Å². The zero-order chi connectivity index (χ0) is 9.80. The maximum absolute atomic E-state index is 6.05. The van der Waals surface area contributed by atoms with Gasteiger partial charge in [-0.25, -0.2) is 0 Å². The highest BCUT2D eigenvalue weighted by molar-refractivity contribution is 4.80. The molecule has 3 unspecified atom stereocenters. The molecule has 0 aromatic heterocycles. The monoisotopic (exact) mass is 199 g/mol. The topological polar surface area (TPSA) is 44.5 Å². The largest absolute Gasteiger partial charge is 0.379 e. The molecular weight excluding hydrogens is 178 g/mol. The smallest absolute Gasteiger partial charge is 0.0813 e. The number of hydrogen-bond acceptors (Lipinski definition) is 3. The van der Waals surface area contributed by atoms with Crippen molar-refractivity contribution in [3.8, 4) is 0 Å². The van der Waals surface area contributed by atoms with Crippen molar-refractivity contribution in [1.82, 2.24) is 0 Å². The first-order valence-corrected chi connectivity index (χ1v) is 5.83. The second-order valence-corrected chi connectivity index (χ2v) is 4.44.